The average molecular weight is 334 g/mol. The molecule has 2 heterocycles. The Labute approximate surface area is 128 Å². The van der Waals surface area contributed by atoms with Gasteiger partial charge < -0.3 is 5.32 Å². The van der Waals surface area contributed by atoms with Crippen LogP contribution < -0.4 is 5.32 Å². The van der Waals surface area contributed by atoms with Crippen LogP contribution in [-0.2, 0) is 12.8 Å². The van der Waals surface area contributed by atoms with Gasteiger partial charge in [0.05, 0.1) is 16.4 Å². The van der Waals surface area contributed by atoms with Crippen molar-refractivity contribution in [1.29, 1.82) is 0 Å². The van der Waals surface area contributed by atoms with Gasteiger partial charge in [-0.05, 0) is 59.8 Å². The molecular weight excluding hydrogens is 314 g/mol. The van der Waals surface area contributed by atoms with E-state index in [0.717, 1.165) is 17.4 Å². The van der Waals surface area contributed by atoms with Crippen molar-refractivity contribution in [2.45, 2.75) is 39.2 Å². The number of nitrogens with zero attached hydrogens (tertiary/aromatic N) is 2. The summed E-state index contributed by atoms with van der Waals surface area (Å²) in [5.41, 5.74) is 5.36. The molecule has 0 radical (unpaired) electrons. The molecule has 3 rings (SSSR count). The fraction of sp³-hybridized carbons (Fsp3) is 0.438. The Kier molecular flexibility index (Phi) is 3.83. The monoisotopic (exact) mass is 333 g/mol. The van der Waals surface area contributed by atoms with Crippen LogP contribution >= 0.6 is 15.9 Å². The molecule has 0 aliphatic carbocycles. The van der Waals surface area contributed by atoms with Crippen molar-refractivity contribution in [1.82, 2.24) is 9.78 Å². The number of aryl methyl sites for hydroxylation is 1. The van der Waals surface area contributed by atoms with E-state index in [2.05, 4.69) is 63.1 Å². The smallest absolute Gasteiger partial charge is 0.0635 e. The molecule has 0 amide bonds. The molecule has 1 aliphatic rings. The van der Waals surface area contributed by atoms with Crippen LogP contribution in [-0.4, -0.2) is 16.3 Å². The van der Waals surface area contributed by atoms with E-state index in [1.54, 1.807) is 0 Å². The van der Waals surface area contributed by atoms with E-state index >= 15 is 0 Å². The maximum Gasteiger partial charge on any atom is 0.0635 e. The molecule has 0 unspecified atom stereocenters. The quantitative estimate of drug-likeness (QED) is 0.913. The van der Waals surface area contributed by atoms with Crippen LogP contribution in [0.5, 0.6) is 0 Å². The summed E-state index contributed by atoms with van der Waals surface area (Å²) in [5, 5.41) is 7.92. The molecule has 0 bridgehead atoms. The highest BCUT2D eigenvalue weighted by molar-refractivity contribution is 9.10. The van der Waals surface area contributed by atoms with E-state index in [1.165, 1.54) is 35.3 Å². The van der Waals surface area contributed by atoms with Crippen molar-refractivity contribution in [2.24, 2.45) is 0 Å². The minimum atomic E-state index is 0.385. The SMILES string of the molecule is CC(C)n1ncc(Br)c1Cc1ccc2c(c1)CCCN2. The number of benzene rings is 1. The highest BCUT2D eigenvalue weighted by Crippen LogP contribution is 2.27. The Hall–Kier alpha value is -1.29. The Bertz CT molecular complexity index is 616. The third-order valence-electron chi connectivity index (χ3n) is 3.82. The van der Waals surface area contributed by atoms with Gasteiger partial charge in [-0.3, -0.25) is 4.68 Å². The van der Waals surface area contributed by atoms with Gasteiger partial charge in [-0.2, -0.15) is 5.10 Å². The number of halogens is 1. The number of hydrogen-bond acceptors (Lipinski definition) is 2. The van der Waals surface area contributed by atoms with Crippen LogP contribution in [0.15, 0.2) is 28.9 Å². The van der Waals surface area contributed by atoms with Gasteiger partial charge in [0.15, 0.2) is 0 Å². The van der Waals surface area contributed by atoms with Gasteiger partial charge in [0.2, 0.25) is 0 Å². The number of anilines is 1. The van der Waals surface area contributed by atoms with Crippen molar-refractivity contribution in [2.75, 3.05) is 11.9 Å². The molecule has 20 heavy (non-hydrogen) atoms. The number of rotatable bonds is 3. The normalized spacial score (nSPS) is 14.2. The Morgan fingerprint density at radius 1 is 1.40 bits per heavy atom. The van der Waals surface area contributed by atoms with E-state index in [9.17, 15) is 0 Å². The van der Waals surface area contributed by atoms with Gasteiger partial charge in [0.25, 0.3) is 0 Å². The third-order valence-corrected chi connectivity index (χ3v) is 4.48. The molecule has 2 aromatic rings. The van der Waals surface area contributed by atoms with Crippen molar-refractivity contribution < 1.29 is 0 Å². The molecule has 1 aromatic heterocycles. The van der Waals surface area contributed by atoms with E-state index in [1.807, 2.05) is 6.20 Å². The molecule has 1 aromatic carbocycles. The lowest BCUT2D eigenvalue weighted by Gasteiger charge is -2.19. The van der Waals surface area contributed by atoms with Crippen molar-refractivity contribution >= 4 is 21.6 Å². The van der Waals surface area contributed by atoms with Gasteiger partial charge >= 0.3 is 0 Å². The minimum absolute atomic E-state index is 0.385. The standard InChI is InChI=1S/C16H20BrN3/c1-11(2)20-16(14(17)10-19-20)9-12-5-6-15-13(8-12)4-3-7-18-15/h5-6,8,10-11,18H,3-4,7,9H2,1-2H3. The van der Waals surface area contributed by atoms with E-state index in [4.69, 9.17) is 0 Å². The molecule has 0 spiro atoms. The van der Waals surface area contributed by atoms with Crippen LogP contribution in [0, 0.1) is 0 Å². The zero-order valence-corrected chi connectivity index (χ0v) is 13.6. The first-order chi connectivity index (χ1) is 9.65. The van der Waals surface area contributed by atoms with Crippen LogP contribution in [0.1, 0.15) is 43.1 Å². The second-order valence-electron chi connectivity index (χ2n) is 5.68. The first-order valence-electron chi connectivity index (χ1n) is 7.22. The molecule has 3 nitrogen and oxygen atoms in total. The van der Waals surface area contributed by atoms with E-state index < -0.39 is 0 Å². The highest BCUT2D eigenvalue weighted by atomic mass is 79.9. The number of hydrogen-bond donors (Lipinski definition) is 1. The number of fused-ring (bicyclic) bond motifs is 1. The maximum absolute atomic E-state index is 4.46. The third kappa shape index (κ3) is 2.62. The fourth-order valence-corrected chi connectivity index (χ4v) is 3.22. The summed E-state index contributed by atoms with van der Waals surface area (Å²) in [6.45, 7) is 5.43. The lowest BCUT2D eigenvalue weighted by molar-refractivity contribution is 0.513. The Morgan fingerprint density at radius 3 is 3.05 bits per heavy atom. The summed E-state index contributed by atoms with van der Waals surface area (Å²) >= 11 is 3.62. The molecule has 106 valence electrons. The number of aromatic nitrogens is 2. The Morgan fingerprint density at radius 2 is 2.25 bits per heavy atom. The van der Waals surface area contributed by atoms with Crippen LogP contribution in [0.4, 0.5) is 5.69 Å². The topological polar surface area (TPSA) is 29.9 Å². The van der Waals surface area contributed by atoms with Gasteiger partial charge in [0.1, 0.15) is 0 Å². The maximum atomic E-state index is 4.46. The van der Waals surface area contributed by atoms with Gasteiger partial charge in [-0.1, -0.05) is 12.1 Å². The van der Waals surface area contributed by atoms with Gasteiger partial charge in [-0.25, -0.2) is 0 Å². The first-order valence-corrected chi connectivity index (χ1v) is 8.02. The second-order valence-corrected chi connectivity index (χ2v) is 6.53. The summed E-state index contributed by atoms with van der Waals surface area (Å²) < 4.78 is 3.20. The summed E-state index contributed by atoms with van der Waals surface area (Å²) in [4.78, 5) is 0. The van der Waals surface area contributed by atoms with Crippen LogP contribution in [0.2, 0.25) is 0 Å². The predicted molar refractivity (Wildman–Crippen MR) is 86.4 cm³/mol. The average Bonchev–Trinajstić information content (AvgIpc) is 2.80. The molecule has 0 fully saturated rings. The zero-order chi connectivity index (χ0) is 14.1. The molecule has 0 saturated carbocycles. The molecule has 0 saturated heterocycles. The molecule has 0 atom stereocenters. The van der Waals surface area contributed by atoms with Gasteiger partial charge in [0, 0.05) is 24.7 Å². The number of nitrogens with one attached hydrogen (secondary N) is 1. The summed E-state index contributed by atoms with van der Waals surface area (Å²) in [6.07, 6.45) is 5.23. The summed E-state index contributed by atoms with van der Waals surface area (Å²) in [7, 11) is 0. The lowest BCUT2D eigenvalue weighted by atomic mass is 9.99. The van der Waals surface area contributed by atoms with Crippen molar-refractivity contribution in [3.63, 3.8) is 0 Å². The van der Waals surface area contributed by atoms with Crippen LogP contribution in [0.25, 0.3) is 0 Å². The second kappa shape index (κ2) is 5.60. The minimum Gasteiger partial charge on any atom is -0.385 e. The lowest BCUT2D eigenvalue weighted by Crippen LogP contribution is -2.12. The molecular formula is C16H20BrN3. The highest BCUT2D eigenvalue weighted by Gasteiger charge is 2.14. The Balaban J connectivity index is 1.90. The predicted octanol–water partition coefficient (Wildman–Crippen LogP) is 4.18. The molecule has 1 aliphatic heterocycles. The van der Waals surface area contributed by atoms with Crippen molar-refractivity contribution in [3.05, 3.63) is 45.7 Å². The first kappa shape index (κ1) is 13.7. The van der Waals surface area contributed by atoms with Crippen LogP contribution in [0.3, 0.4) is 0 Å². The van der Waals surface area contributed by atoms with Gasteiger partial charge in [-0.15, -0.1) is 0 Å². The largest absolute Gasteiger partial charge is 0.385 e. The summed E-state index contributed by atoms with van der Waals surface area (Å²) in [6, 6.07) is 7.16. The van der Waals surface area contributed by atoms with E-state index in [-0.39, 0.29) is 0 Å². The molecule has 4 heteroatoms. The molecule has 1 N–H and O–H groups in total. The fourth-order valence-electron chi connectivity index (χ4n) is 2.81. The zero-order valence-electron chi connectivity index (χ0n) is 12.0. The van der Waals surface area contributed by atoms with E-state index in [0.29, 0.717) is 6.04 Å². The van der Waals surface area contributed by atoms with Crippen molar-refractivity contribution in [3.8, 4) is 0 Å². The summed E-state index contributed by atoms with van der Waals surface area (Å²) in [5.74, 6) is 0.